The van der Waals surface area contributed by atoms with Crippen molar-refractivity contribution in [1.82, 2.24) is 15.0 Å². The van der Waals surface area contributed by atoms with E-state index in [1.807, 2.05) is 116 Å². The van der Waals surface area contributed by atoms with Crippen LogP contribution in [-0.4, -0.2) is 111 Å². The Kier molecular flexibility index (Phi) is 52.2. The van der Waals surface area contributed by atoms with Crippen LogP contribution in [0.15, 0.2) is 156 Å². The Bertz CT molecular complexity index is 4370. The van der Waals surface area contributed by atoms with E-state index in [1.54, 1.807) is 85.9 Å². The van der Waals surface area contributed by atoms with Gasteiger partial charge in [-0.2, -0.15) is 0 Å². The van der Waals surface area contributed by atoms with Crippen LogP contribution in [0.3, 0.4) is 0 Å². The topological polar surface area (TPSA) is 346 Å². The van der Waals surface area contributed by atoms with Crippen molar-refractivity contribution in [3.63, 3.8) is 0 Å². The summed E-state index contributed by atoms with van der Waals surface area (Å²) < 4.78 is 13.8. The molecule has 0 fully saturated rings. The molecular formula is C76H102N12O11S9. The van der Waals surface area contributed by atoms with Gasteiger partial charge in [0.25, 0.3) is 0 Å². The second-order valence-electron chi connectivity index (χ2n) is 24.6. The number of carboxylic acids is 2. The van der Waals surface area contributed by atoms with Gasteiger partial charge in [-0.15, -0.1) is 0 Å². The zero-order valence-corrected chi connectivity index (χ0v) is 68.2. The normalized spacial score (nSPS) is 10.1. The number of pyridine rings is 3. The molecule has 32 heteroatoms. The summed E-state index contributed by atoms with van der Waals surface area (Å²) in [7, 11) is 11.9. The standard InChI is InChI=1S/C22H25N5O.2C19H20N2O2.C10H18O5.C3H7N3.CH4O.2CH4.S9/c23-27-25-16-8-10-17(28)9-2-1-7-15-24-22-18-11-3-5-13-20(18)26-21-14-6-4-12-19(21)22;2*22-18(23)12-2-1-7-13-20-19-14-8-3-5-10-16(14)21-17-11-6-4-9-15(17)19;1-9(2,3)14-7(11)13-8(12)15-10(4,5)6;1-2-3-5-6-4;1-2;;;1-3-5-7-9-8-6-4-2/h3-6,11-14H,1-2,7-10,15-16H2,(H,24,26);2*3-6,8-11H,1-2,7,12-13H2,(H,20,21)(H,22,23);1-6H3;2-3H2,1H3;2H,1H3;2*1H4;. The van der Waals surface area contributed by atoms with E-state index in [4.69, 9.17) is 50.8 Å². The number of ketones is 1. The van der Waals surface area contributed by atoms with Crippen molar-refractivity contribution in [2.75, 3.05) is 55.8 Å². The number of carboxylic acid groups (broad SMARTS) is 2. The number of azide groups is 2. The Morgan fingerprint density at radius 2 is 0.694 bits per heavy atom. The van der Waals surface area contributed by atoms with Crippen LogP contribution in [-0.2, 0) is 113 Å². The van der Waals surface area contributed by atoms with Crippen LogP contribution in [0.5, 0.6) is 0 Å². The minimum absolute atomic E-state index is 0. The number of para-hydroxylation sites is 6. The van der Waals surface area contributed by atoms with E-state index in [0.717, 1.165) is 173 Å². The predicted molar refractivity (Wildman–Crippen MR) is 468 cm³/mol. The zero-order chi connectivity index (χ0) is 77.8. The molecule has 0 aliphatic rings. The maximum Gasteiger partial charge on any atom is 0.519 e. The van der Waals surface area contributed by atoms with E-state index in [2.05, 4.69) is 99.5 Å². The average Bonchev–Trinajstić information content (AvgIpc) is 0.795. The quantitative estimate of drug-likeness (QED) is 0.00530. The molecule has 0 amide bonds. The van der Waals surface area contributed by atoms with Gasteiger partial charge in [-0.1, -0.05) is 167 Å². The number of aromatic nitrogens is 3. The summed E-state index contributed by atoms with van der Waals surface area (Å²) in [4.78, 5) is 74.3. The Morgan fingerprint density at radius 3 is 0.954 bits per heavy atom. The van der Waals surface area contributed by atoms with Crippen LogP contribution in [0.25, 0.3) is 86.3 Å². The third kappa shape index (κ3) is 40.7. The van der Waals surface area contributed by atoms with Crippen molar-refractivity contribution in [2.24, 2.45) is 10.2 Å². The first-order valence-electron chi connectivity index (χ1n) is 34.1. The number of aliphatic carboxylic acids is 2. The summed E-state index contributed by atoms with van der Waals surface area (Å²) in [6.07, 6.45) is 9.21. The fraction of sp³-hybridized carbons (Fsp3) is 0.421. The number of carbonyl (C=O) groups excluding carboxylic acids is 3. The van der Waals surface area contributed by atoms with Gasteiger partial charge in [0.05, 0.1) is 50.2 Å². The molecule has 6 N–H and O–H groups in total. The Hall–Kier alpha value is -8.36. The molecule has 3 heterocycles. The highest BCUT2D eigenvalue weighted by Gasteiger charge is 2.24. The number of fused-ring (bicyclic) bond motifs is 6. The highest BCUT2D eigenvalue weighted by molar-refractivity contribution is 8.72. The number of benzene rings is 6. The first kappa shape index (κ1) is 97.7. The average molecular weight is 1650 g/mol. The lowest BCUT2D eigenvalue weighted by molar-refractivity contribution is -0.138. The van der Waals surface area contributed by atoms with Crippen LogP contribution in [0.1, 0.15) is 160 Å². The summed E-state index contributed by atoms with van der Waals surface area (Å²) in [5, 5.41) is 48.5. The largest absolute Gasteiger partial charge is 0.519 e. The molecule has 0 saturated carbocycles. The van der Waals surface area contributed by atoms with Gasteiger partial charge in [0.15, 0.2) is 0 Å². The Labute approximate surface area is 663 Å². The minimum atomic E-state index is -1.06. The molecule has 0 radical (unpaired) electrons. The van der Waals surface area contributed by atoms with Gasteiger partial charge in [0, 0.05) is 192 Å². The van der Waals surface area contributed by atoms with Crippen molar-refractivity contribution in [3.8, 4) is 0 Å². The van der Waals surface area contributed by atoms with Gasteiger partial charge in [0.2, 0.25) is 0 Å². The lowest BCUT2D eigenvalue weighted by Gasteiger charge is -2.20. The highest BCUT2D eigenvalue weighted by Crippen LogP contribution is 2.33. The summed E-state index contributed by atoms with van der Waals surface area (Å²) in [5.74, 6) is -1.18. The molecule has 9 rings (SSSR count). The van der Waals surface area contributed by atoms with Crippen LogP contribution >= 0.6 is 0 Å². The molecule has 0 spiro atoms. The number of nitrogens with zero attached hydrogens (tertiary/aromatic N) is 9. The van der Waals surface area contributed by atoms with Crippen molar-refractivity contribution >= 4 is 197 Å². The maximum absolute atomic E-state index is 11.8. The molecule has 586 valence electrons. The van der Waals surface area contributed by atoms with Crippen LogP contribution in [0, 0.1) is 0 Å². The van der Waals surface area contributed by atoms with Gasteiger partial charge >= 0.3 is 24.2 Å². The number of hydrogen-bond donors (Lipinski definition) is 6. The van der Waals surface area contributed by atoms with Crippen molar-refractivity contribution in [3.05, 3.63) is 166 Å². The first-order chi connectivity index (χ1) is 51.1. The van der Waals surface area contributed by atoms with E-state index in [1.165, 1.54) is 17.8 Å². The molecule has 23 nitrogen and oxygen atoms in total. The van der Waals surface area contributed by atoms with Gasteiger partial charge in [-0.25, -0.2) is 24.5 Å². The summed E-state index contributed by atoms with van der Waals surface area (Å²) in [5.41, 5.74) is 23.8. The fourth-order valence-corrected chi connectivity index (χ4v) is 23.6. The number of ether oxygens (including phenoxy) is 3. The number of anilines is 3. The number of hydrogen-bond acceptors (Lipinski definition) is 19. The molecule has 0 saturated heterocycles. The second-order valence-corrected chi connectivity index (χ2v) is 37.0. The maximum atomic E-state index is 11.8. The third-order valence-corrected chi connectivity index (χ3v) is 27.5. The molecule has 0 aliphatic heterocycles. The van der Waals surface area contributed by atoms with Gasteiger partial charge < -0.3 is 45.5 Å². The predicted octanol–water partition coefficient (Wildman–Crippen LogP) is 20.3. The lowest BCUT2D eigenvalue weighted by Crippen LogP contribution is -2.29. The van der Waals surface area contributed by atoms with E-state index < -0.39 is 35.5 Å². The van der Waals surface area contributed by atoms with Crippen LogP contribution in [0.4, 0.5) is 26.7 Å². The number of carbonyl (C=O) groups is 5. The molecule has 0 bridgehead atoms. The highest BCUT2D eigenvalue weighted by atomic mass is 33.4. The van der Waals surface area contributed by atoms with Gasteiger partial charge in [-0.3, -0.25) is 14.4 Å². The number of rotatable bonds is 27. The molecule has 108 heavy (non-hydrogen) atoms. The molecule has 6 aromatic carbocycles. The van der Waals surface area contributed by atoms with E-state index in [-0.39, 0.29) is 33.5 Å². The molecule has 0 atom stereocenters. The lowest BCUT2D eigenvalue weighted by atomic mass is 10.1. The monoisotopic (exact) mass is 1650 g/mol. The smallest absolute Gasteiger partial charge is 0.481 e. The van der Waals surface area contributed by atoms with Crippen molar-refractivity contribution in [1.29, 1.82) is 0 Å². The summed E-state index contributed by atoms with van der Waals surface area (Å²) in [6.45, 7) is 15.5. The zero-order valence-electron chi connectivity index (χ0n) is 60.8. The van der Waals surface area contributed by atoms with Crippen LogP contribution in [0.2, 0.25) is 0 Å². The van der Waals surface area contributed by atoms with Gasteiger partial charge in [-0.05, 0) is 134 Å². The number of unbranched alkanes of at least 4 members (excludes halogenated alkanes) is 6. The van der Waals surface area contributed by atoms with E-state index >= 15 is 0 Å². The van der Waals surface area contributed by atoms with E-state index in [0.29, 0.717) is 32.4 Å². The first-order valence-corrected chi connectivity index (χ1v) is 44.8. The molecule has 0 unspecified atom stereocenters. The van der Waals surface area contributed by atoms with Gasteiger partial charge in [0.1, 0.15) is 17.0 Å². The Morgan fingerprint density at radius 1 is 0.426 bits per heavy atom. The van der Waals surface area contributed by atoms with Crippen LogP contribution < -0.4 is 16.0 Å². The summed E-state index contributed by atoms with van der Waals surface area (Å²) >= 11 is 9.27. The summed E-state index contributed by atoms with van der Waals surface area (Å²) in [6, 6.07) is 48.9. The number of Topliss-reactive ketones (excluding diaryl/α,β-unsaturated/α-hetero) is 1. The number of aliphatic hydroxyl groups is 1. The molecular weight excluding hydrogens is 1550 g/mol. The minimum Gasteiger partial charge on any atom is -0.481 e. The molecule has 9 aromatic rings. The molecule has 3 aromatic heterocycles. The fourth-order valence-electron chi connectivity index (χ4n) is 9.84. The second kappa shape index (κ2) is 57.7. The van der Waals surface area contributed by atoms with Crippen molar-refractivity contribution in [2.45, 2.75) is 171 Å². The molecule has 0 aliphatic carbocycles. The SMILES string of the molecule is C.C.CC(C)(C)OC(=O)OC(=O)OC(C)(C)C.CCCN=[N+]=[N-].CO.O=C(O)CCCCCNc1c2ccccc2nc2ccccc12.O=C(O)CCCCCNc1c2ccccc2nc2ccccc12.S=S=S=S=S=S=S=S=S.[N-]=[N+]=NCCCC(=O)CCCCCNc1c2ccccc2nc2ccccc12. The number of aliphatic hydroxyl groups excluding tert-OH is 1. The Balaban J connectivity index is 0.000000677. The third-order valence-electron chi connectivity index (χ3n) is 14.2. The van der Waals surface area contributed by atoms with E-state index in [9.17, 15) is 24.0 Å². The number of nitrogens with one attached hydrogen (secondary N) is 3. The van der Waals surface area contributed by atoms with Crippen molar-refractivity contribution < 1.29 is 53.5 Å².